The van der Waals surface area contributed by atoms with Crippen LogP contribution in [-0.4, -0.2) is 36.3 Å². The topological polar surface area (TPSA) is 119 Å². The molecule has 1 aromatic heterocycles. The van der Waals surface area contributed by atoms with Crippen LogP contribution in [0.5, 0.6) is 5.75 Å². The van der Waals surface area contributed by atoms with E-state index in [9.17, 15) is 18.4 Å². The van der Waals surface area contributed by atoms with Gasteiger partial charge in [-0.25, -0.2) is 8.78 Å². The van der Waals surface area contributed by atoms with E-state index in [0.29, 0.717) is 46.4 Å². The highest BCUT2D eigenvalue weighted by Gasteiger charge is 2.43. The summed E-state index contributed by atoms with van der Waals surface area (Å²) in [5.74, 6) is -1.97. The van der Waals surface area contributed by atoms with E-state index in [-0.39, 0.29) is 17.9 Å². The number of ether oxygens (including phenoxy) is 1. The van der Waals surface area contributed by atoms with Crippen molar-refractivity contribution in [2.24, 2.45) is 0 Å². The zero-order valence-corrected chi connectivity index (χ0v) is 20.4. The Hall–Kier alpha value is -4.73. The smallest absolute Gasteiger partial charge is 0.283 e. The van der Waals surface area contributed by atoms with E-state index >= 15 is 0 Å². The van der Waals surface area contributed by atoms with Crippen LogP contribution in [0.3, 0.4) is 0 Å². The molecule has 1 saturated carbocycles. The van der Waals surface area contributed by atoms with Gasteiger partial charge in [-0.2, -0.15) is 0 Å². The highest BCUT2D eigenvalue weighted by atomic mass is 19.1. The molecule has 0 saturated heterocycles. The van der Waals surface area contributed by atoms with Gasteiger partial charge in [-0.3, -0.25) is 9.59 Å². The number of methoxy groups -OCH3 is 1. The first-order valence-corrected chi connectivity index (χ1v) is 11.8. The number of hydrogen-bond donors (Lipinski definition) is 3. The molecule has 0 atom stereocenters. The molecule has 0 spiro atoms. The molecule has 8 nitrogen and oxygen atoms in total. The molecule has 10 heteroatoms. The van der Waals surface area contributed by atoms with Crippen LogP contribution in [0.4, 0.5) is 20.3 Å². The van der Waals surface area contributed by atoms with Crippen LogP contribution in [0, 0.1) is 0 Å². The molecule has 0 unspecified atom stereocenters. The number of carbonyl (C=O) groups excluding carboxylic acids is 2. The number of rotatable bonds is 8. The van der Waals surface area contributed by atoms with Crippen molar-refractivity contribution < 1.29 is 27.6 Å². The number of nitrogens with zero attached hydrogens (tertiary/aromatic N) is 1. The number of benzene rings is 3. The van der Waals surface area contributed by atoms with E-state index in [2.05, 4.69) is 22.4 Å². The van der Waals surface area contributed by atoms with E-state index in [0.717, 1.165) is 11.1 Å². The maximum Gasteiger partial charge on any atom is 0.283 e. The number of hydrogen-bond acceptors (Lipinski definition) is 6. The quantitative estimate of drug-likeness (QED) is 0.269. The summed E-state index contributed by atoms with van der Waals surface area (Å²) < 4.78 is 38.0. The molecule has 5 rings (SSSR count). The van der Waals surface area contributed by atoms with E-state index in [4.69, 9.17) is 15.0 Å². The number of amides is 2. The Morgan fingerprint density at radius 2 is 1.84 bits per heavy atom. The summed E-state index contributed by atoms with van der Waals surface area (Å²) in [6.45, 7) is 2.94. The van der Waals surface area contributed by atoms with Crippen LogP contribution >= 0.6 is 0 Å². The van der Waals surface area contributed by atoms with Crippen molar-refractivity contribution in [2.75, 3.05) is 24.7 Å². The maximum absolute atomic E-state index is 14.0. The van der Waals surface area contributed by atoms with Crippen LogP contribution < -0.4 is 21.1 Å². The van der Waals surface area contributed by atoms with Gasteiger partial charge in [0.25, 0.3) is 11.8 Å². The number of alkyl halides is 1. The molecule has 0 aliphatic heterocycles. The van der Waals surface area contributed by atoms with Gasteiger partial charge in [0.2, 0.25) is 0 Å². The second-order valence-corrected chi connectivity index (χ2v) is 9.11. The lowest BCUT2D eigenvalue weighted by atomic mass is 9.91. The molecule has 1 aliphatic rings. The number of fused-ring (bicyclic) bond motifs is 1. The van der Waals surface area contributed by atoms with Gasteiger partial charge in [0.1, 0.15) is 11.4 Å². The lowest BCUT2D eigenvalue weighted by molar-refractivity contribution is -0.114. The third kappa shape index (κ3) is 4.80. The standard InChI is InChI=1S/C28H24F2N4O4/c1-15(29)26(35)33-18-6-3-16(4-7-18)19-9-10-21-24(25(31)34-38-21)23(19)17-5-8-20(22(13-17)37-2)27(36)32-14-28(30)11-12-28/h3-10,13H,1,11-12,14H2,2H3,(H2,31,34)(H,32,36)(H,33,35). The maximum atomic E-state index is 14.0. The third-order valence-electron chi connectivity index (χ3n) is 6.46. The molecule has 1 aliphatic carbocycles. The molecule has 0 radical (unpaired) electrons. The Labute approximate surface area is 216 Å². The fourth-order valence-corrected chi connectivity index (χ4v) is 4.21. The lowest BCUT2D eigenvalue weighted by Crippen LogP contribution is -2.31. The Bertz CT molecular complexity index is 1580. The monoisotopic (exact) mass is 518 g/mol. The average Bonchev–Trinajstić information content (AvgIpc) is 3.55. The first kappa shape index (κ1) is 24.9. The first-order valence-electron chi connectivity index (χ1n) is 11.8. The fourth-order valence-electron chi connectivity index (χ4n) is 4.21. The summed E-state index contributed by atoms with van der Waals surface area (Å²) in [5, 5.41) is 9.53. The molecule has 38 heavy (non-hydrogen) atoms. The fraction of sp³-hybridized carbons (Fsp3) is 0.179. The van der Waals surface area contributed by atoms with Gasteiger partial charge in [-0.05, 0) is 65.9 Å². The van der Waals surface area contributed by atoms with Gasteiger partial charge in [-0.15, -0.1) is 0 Å². The van der Waals surface area contributed by atoms with Gasteiger partial charge < -0.3 is 25.6 Å². The van der Waals surface area contributed by atoms with Crippen molar-refractivity contribution in [1.29, 1.82) is 0 Å². The van der Waals surface area contributed by atoms with E-state index in [1.54, 1.807) is 48.5 Å². The van der Waals surface area contributed by atoms with Crippen molar-refractivity contribution in [3.63, 3.8) is 0 Å². The van der Waals surface area contributed by atoms with Crippen LogP contribution in [-0.2, 0) is 4.79 Å². The molecule has 1 fully saturated rings. The van der Waals surface area contributed by atoms with Gasteiger partial charge in [0, 0.05) is 11.3 Å². The normalized spacial score (nSPS) is 13.7. The Balaban J connectivity index is 1.56. The largest absolute Gasteiger partial charge is 0.496 e. The minimum atomic E-state index is -1.32. The molecular formula is C28H24F2N4O4. The molecule has 4 aromatic rings. The molecule has 3 aromatic carbocycles. The Morgan fingerprint density at radius 3 is 2.50 bits per heavy atom. The molecule has 0 bridgehead atoms. The van der Waals surface area contributed by atoms with Crippen molar-refractivity contribution in [3.05, 3.63) is 72.6 Å². The molecule has 194 valence electrons. The molecular weight excluding hydrogens is 494 g/mol. The summed E-state index contributed by atoms with van der Waals surface area (Å²) in [4.78, 5) is 24.4. The molecule has 4 N–H and O–H groups in total. The summed E-state index contributed by atoms with van der Waals surface area (Å²) in [6.07, 6.45) is 0.879. The van der Waals surface area contributed by atoms with Crippen molar-refractivity contribution in [3.8, 4) is 28.0 Å². The van der Waals surface area contributed by atoms with Gasteiger partial charge in [-0.1, -0.05) is 29.9 Å². The van der Waals surface area contributed by atoms with Gasteiger partial charge >= 0.3 is 0 Å². The predicted octanol–water partition coefficient (Wildman–Crippen LogP) is 5.41. The average molecular weight is 519 g/mol. The van der Waals surface area contributed by atoms with E-state index in [1.165, 1.54) is 7.11 Å². The summed E-state index contributed by atoms with van der Waals surface area (Å²) in [7, 11) is 1.45. The molecule has 1 heterocycles. The summed E-state index contributed by atoms with van der Waals surface area (Å²) in [5.41, 5.74) is 8.85. The van der Waals surface area contributed by atoms with Crippen LogP contribution in [0.25, 0.3) is 33.2 Å². The SMILES string of the molecule is C=C(F)C(=O)Nc1ccc(-c2ccc3onc(N)c3c2-c2ccc(C(=O)NCC3(F)CC3)c(OC)c2)cc1. The Kier molecular flexibility index (Phi) is 6.31. The minimum Gasteiger partial charge on any atom is -0.496 e. The summed E-state index contributed by atoms with van der Waals surface area (Å²) >= 11 is 0. The lowest BCUT2D eigenvalue weighted by Gasteiger charge is -2.15. The Morgan fingerprint density at radius 1 is 1.13 bits per heavy atom. The number of nitrogens with two attached hydrogens (primary N) is 1. The predicted molar refractivity (Wildman–Crippen MR) is 140 cm³/mol. The number of carbonyl (C=O) groups is 2. The van der Waals surface area contributed by atoms with Crippen LogP contribution in [0.1, 0.15) is 23.2 Å². The minimum absolute atomic E-state index is 0.0483. The zero-order chi connectivity index (χ0) is 27.0. The number of aromatic nitrogens is 1. The number of nitrogens with one attached hydrogen (secondary N) is 2. The highest BCUT2D eigenvalue weighted by Crippen LogP contribution is 2.42. The van der Waals surface area contributed by atoms with Crippen molar-refractivity contribution >= 4 is 34.3 Å². The van der Waals surface area contributed by atoms with Crippen LogP contribution in [0.2, 0.25) is 0 Å². The van der Waals surface area contributed by atoms with Crippen molar-refractivity contribution in [1.82, 2.24) is 10.5 Å². The zero-order valence-electron chi connectivity index (χ0n) is 20.4. The second kappa shape index (κ2) is 9.62. The van der Waals surface area contributed by atoms with Crippen molar-refractivity contribution in [2.45, 2.75) is 18.5 Å². The number of nitrogen functional groups attached to an aromatic ring is 1. The van der Waals surface area contributed by atoms with Gasteiger partial charge in [0.05, 0.1) is 24.6 Å². The van der Waals surface area contributed by atoms with Crippen LogP contribution in [0.15, 0.2) is 71.5 Å². The first-order chi connectivity index (χ1) is 18.2. The number of halogens is 2. The highest BCUT2D eigenvalue weighted by molar-refractivity contribution is 6.08. The van der Waals surface area contributed by atoms with Gasteiger partial charge in [0.15, 0.2) is 17.2 Å². The molecule has 2 amide bonds. The van der Waals surface area contributed by atoms with E-state index in [1.807, 2.05) is 6.07 Å². The number of anilines is 2. The third-order valence-corrected chi connectivity index (χ3v) is 6.46. The van der Waals surface area contributed by atoms with E-state index < -0.39 is 23.3 Å². The second-order valence-electron chi connectivity index (χ2n) is 9.11. The summed E-state index contributed by atoms with van der Waals surface area (Å²) in [6, 6.07) is 15.4.